The Kier molecular flexibility index (Phi) is 5.49. The summed E-state index contributed by atoms with van der Waals surface area (Å²) in [6.45, 7) is 0. The van der Waals surface area contributed by atoms with Crippen LogP contribution in [-0.4, -0.2) is 23.9 Å². The number of anilines is 1. The molecule has 0 aliphatic carbocycles. The molecule has 1 aliphatic heterocycles. The molecule has 1 aliphatic rings. The van der Waals surface area contributed by atoms with Crippen LogP contribution in [0.1, 0.15) is 4.88 Å². The number of ether oxygens (including phenoxy) is 2. The molecule has 2 amide bonds. The monoisotopic (exact) mass is 519 g/mol. The molecular weight excluding hydrogens is 505 g/mol. The lowest BCUT2D eigenvalue weighted by Crippen LogP contribution is -2.35. The number of aromatic nitrogens is 1. The van der Waals surface area contributed by atoms with Crippen molar-refractivity contribution in [2.75, 3.05) is 12.1 Å². The molecule has 1 aromatic heterocycles. The van der Waals surface area contributed by atoms with Crippen molar-refractivity contribution in [3.05, 3.63) is 68.7 Å². The van der Waals surface area contributed by atoms with E-state index >= 15 is 0 Å². The lowest BCUT2D eigenvalue weighted by atomic mass is 10.2. The van der Waals surface area contributed by atoms with Crippen molar-refractivity contribution in [1.29, 1.82) is 0 Å². The molecule has 0 spiro atoms. The highest BCUT2D eigenvalue weighted by atomic mass is 127. The molecule has 3 aromatic rings. The van der Waals surface area contributed by atoms with E-state index in [0.717, 1.165) is 9.32 Å². The van der Waals surface area contributed by atoms with E-state index in [2.05, 4.69) is 33.0 Å². The summed E-state index contributed by atoms with van der Waals surface area (Å²) in [6, 6.07) is 14.4. The van der Waals surface area contributed by atoms with E-state index in [9.17, 15) is 9.59 Å². The molecule has 2 aromatic carbocycles. The van der Waals surface area contributed by atoms with E-state index in [1.54, 1.807) is 49.7 Å². The zero-order chi connectivity index (χ0) is 20.4. The van der Waals surface area contributed by atoms with Gasteiger partial charge < -0.3 is 9.47 Å². The number of benzene rings is 2. The van der Waals surface area contributed by atoms with E-state index in [-0.39, 0.29) is 5.57 Å². The lowest BCUT2D eigenvalue weighted by molar-refractivity contribution is -0.117. The van der Waals surface area contributed by atoms with Gasteiger partial charge in [0.25, 0.3) is 17.0 Å². The number of nitrogens with one attached hydrogen (secondary N) is 1. The Morgan fingerprint density at radius 3 is 2.45 bits per heavy atom. The second-order valence-corrected chi connectivity index (χ2v) is 8.19. The Balaban J connectivity index is 1.51. The van der Waals surface area contributed by atoms with E-state index in [4.69, 9.17) is 9.47 Å². The average Bonchev–Trinajstić information content (AvgIpc) is 3.28. The second kappa shape index (κ2) is 8.21. The molecule has 0 atom stereocenters. The predicted molar refractivity (Wildman–Crippen MR) is 118 cm³/mol. The number of methoxy groups -OCH3 is 1. The van der Waals surface area contributed by atoms with E-state index in [0.29, 0.717) is 21.5 Å². The quantitative estimate of drug-likeness (QED) is 0.313. The minimum absolute atomic E-state index is 0.0446. The molecule has 1 saturated heterocycles. The molecule has 0 saturated carbocycles. The summed E-state index contributed by atoms with van der Waals surface area (Å²) in [4.78, 5) is 29.8. The van der Waals surface area contributed by atoms with Crippen LogP contribution in [0.3, 0.4) is 0 Å². The fourth-order valence-electron chi connectivity index (χ4n) is 2.60. The van der Waals surface area contributed by atoms with Crippen LogP contribution in [0.5, 0.6) is 16.7 Å². The molecule has 1 N–H and O–H groups in total. The highest BCUT2D eigenvalue weighted by Crippen LogP contribution is 2.30. The molecule has 2 heterocycles. The van der Waals surface area contributed by atoms with Gasteiger partial charge in [-0.05, 0) is 77.2 Å². The first-order valence-corrected chi connectivity index (χ1v) is 10.3. The lowest BCUT2D eigenvalue weighted by Gasteiger charge is -2.14. The number of hydrogen-bond acceptors (Lipinski definition) is 6. The van der Waals surface area contributed by atoms with Gasteiger partial charge in [0.05, 0.1) is 17.7 Å². The van der Waals surface area contributed by atoms with Crippen molar-refractivity contribution in [2.45, 2.75) is 0 Å². The van der Waals surface area contributed by atoms with Crippen molar-refractivity contribution in [3.63, 3.8) is 0 Å². The summed E-state index contributed by atoms with van der Waals surface area (Å²) in [5, 5.41) is 1.64. The maximum atomic E-state index is 12.7. The van der Waals surface area contributed by atoms with Crippen LogP contribution in [0, 0.1) is 3.57 Å². The van der Waals surface area contributed by atoms with Crippen molar-refractivity contribution in [2.24, 2.45) is 0 Å². The molecule has 0 radical (unpaired) electrons. The summed E-state index contributed by atoms with van der Waals surface area (Å²) < 4.78 is 11.9. The van der Waals surface area contributed by atoms with Crippen molar-refractivity contribution in [1.82, 2.24) is 10.4 Å². The maximum Gasteiger partial charge on any atom is 0.282 e. The van der Waals surface area contributed by atoms with Gasteiger partial charge in [-0.3, -0.25) is 15.0 Å². The number of carbonyl (C=O) groups excluding carboxylic acids is 2. The van der Waals surface area contributed by atoms with Crippen LogP contribution in [0.15, 0.2) is 60.3 Å². The van der Waals surface area contributed by atoms with Crippen LogP contribution in [0.25, 0.3) is 6.08 Å². The number of halogens is 1. The van der Waals surface area contributed by atoms with Gasteiger partial charge in [-0.2, -0.15) is 0 Å². The molecular formula is C20H14IN3O4S. The molecule has 9 heteroatoms. The standard InChI is InChI=1S/C20H14IN3O4S/c1-27-14-6-8-15(9-7-14)28-20-22-11-16(29-20)10-17-18(25)23-24(19(17)26)13-4-2-12(21)3-5-13/h2-11H,1H3,(H,23,25). The highest BCUT2D eigenvalue weighted by molar-refractivity contribution is 14.1. The van der Waals surface area contributed by atoms with Gasteiger partial charge in [0.2, 0.25) is 0 Å². The third-order valence-corrected chi connectivity index (χ3v) is 5.57. The zero-order valence-electron chi connectivity index (χ0n) is 15.1. The SMILES string of the molecule is COc1ccc(Oc2ncc(C=C3C(=O)NN(c4ccc(I)cc4)C3=O)s2)cc1. The Labute approximate surface area is 184 Å². The van der Waals surface area contributed by atoms with Crippen LogP contribution < -0.4 is 19.9 Å². The highest BCUT2D eigenvalue weighted by Gasteiger charge is 2.34. The van der Waals surface area contributed by atoms with Crippen LogP contribution in [-0.2, 0) is 9.59 Å². The maximum absolute atomic E-state index is 12.7. The van der Waals surface area contributed by atoms with Crippen molar-refractivity contribution >= 4 is 57.5 Å². The summed E-state index contributed by atoms with van der Waals surface area (Å²) in [5.74, 6) is 0.464. The Bertz CT molecular complexity index is 1090. The third kappa shape index (κ3) is 4.25. The van der Waals surface area contributed by atoms with Gasteiger partial charge in [-0.15, -0.1) is 0 Å². The fraction of sp³-hybridized carbons (Fsp3) is 0.0500. The van der Waals surface area contributed by atoms with Gasteiger partial charge in [0.15, 0.2) is 0 Å². The summed E-state index contributed by atoms with van der Waals surface area (Å²) in [7, 11) is 1.59. The predicted octanol–water partition coefficient (Wildman–Crippen LogP) is 4.01. The first-order chi connectivity index (χ1) is 14.0. The van der Waals surface area contributed by atoms with Gasteiger partial charge in [0, 0.05) is 9.77 Å². The number of amides is 2. The van der Waals surface area contributed by atoms with Gasteiger partial charge >= 0.3 is 0 Å². The van der Waals surface area contributed by atoms with Crippen LogP contribution in [0.2, 0.25) is 0 Å². The van der Waals surface area contributed by atoms with Gasteiger partial charge in [-0.1, -0.05) is 11.3 Å². The normalized spacial score (nSPS) is 15.0. The smallest absolute Gasteiger partial charge is 0.282 e. The molecule has 0 bridgehead atoms. The van der Waals surface area contributed by atoms with Crippen molar-refractivity contribution in [3.8, 4) is 16.7 Å². The number of thiazole rings is 1. The minimum atomic E-state index is -0.459. The molecule has 146 valence electrons. The summed E-state index contributed by atoms with van der Waals surface area (Å²) in [5.41, 5.74) is 3.22. The second-order valence-electron chi connectivity index (χ2n) is 5.92. The first-order valence-electron chi connectivity index (χ1n) is 8.44. The fourth-order valence-corrected chi connectivity index (χ4v) is 3.69. The number of rotatable bonds is 5. The number of carbonyl (C=O) groups is 2. The molecule has 29 heavy (non-hydrogen) atoms. The van der Waals surface area contributed by atoms with Crippen LogP contribution in [0.4, 0.5) is 5.69 Å². The first kappa shape index (κ1) is 19.4. The number of hydrazine groups is 1. The zero-order valence-corrected chi connectivity index (χ0v) is 18.1. The summed E-state index contributed by atoms with van der Waals surface area (Å²) in [6.07, 6.45) is 3.08. The Morgan fingerprint density at radius 2 is 1.76 bits per heavy atom. The van der Waals surface area contributed by atoms with Crippen LogP contribution >= 0.6 is 33.9 Å². The van der Waals surface area contributed by atoms with E-state index in [1.807, 2.05) is 12.1 Å². The average molecular weight is 519 g/mol. The molecule has 4 rings (SSSR count). The van der Waals surface area contributed by atoms with Crippen molar-refractivity contribution < 1.29 is 19.1 Å². The molecule has 1 fully saturated rings. The number of nitrogens with zero attached hydrogens (tertiary/aromatic N) is 2. The number of hydrogen-bond donors (Lipinski definition) is 1. The Morgan fingerprint density at radius 1 is 1.07 bits per heavy atom. The molecule has 0 unspecified atom stereocenters. The summed E-state index contributed by atoms with van der Waals surface area (Å²) >= 11 is 3.41. The van der Waals surface area contributed by atoms with Gasteiger partial charge in [0.1, 0.15) is 17.1 Å². The topological polar surface area (TPSA) is 80.8 Å². The van der Waals surface area contributed by atoms with Gasteiger partial charge in [-0.25, -0.2) is 9.99 Å². The van der Waals surface area contributed by atoms with E-state index in [1.165, 1.54) is 22.4 Å². The largest absolute Gasteiger partial charge is 0.497 e. The Hall–Kier alpha value is -2.92. The third-order valence-electron chi connectivity index (χ3n) is 4.03. The molecule has 7 nitrogen and oxygen atoms in total. The van der Waals surface area contributed by atoms with E-state index < -0.39 is 11.8 Å². The minimum Gasteiger partial charge on any atom is -0.497 e.